The summed E-state index contributed by atoms with van der Waals surface area (Å²) in [7, 11) is 0. The number of rotatable bonds is 11. The lowest BCUT2D eigenvalue weighted by atomic mass is 9.76. The number of hydrogen-bond acceptors (Lipinski definition) is 4. The Morgan fingerprint density at radius 1 is 1.38 bits per heavy atom. The highest BCUT2D eigenvalue weighted by Crippen LogP contribution is 2.35. The van der Waals surface area contributed by atoms with Crippen LogP contribution in [0.2, 0.25) is 0 Å². The van der Waals surface area contributed by atoms with Crippen molar-refractivity contribution in [3.05, 3.63) is 72.1 Å². The summed E-state index contributed by atoms with van der Waals surface area (Å²) in [4.78, 5) is 23.3. The Labute approximate surface area is 171 Å². The van der Waals surface area contributed by atoms with Crippen LogP contribution in [0, 0.1) is 0 Å². The lowest BCUT2D eigenvalue weighted by molar-refractivity contribution is -0.173. The second-order valence-electron chi connectivity index (χ2n) is 7.29. The molecule has 0 radical (unpaired) electrons. The van der Waals surface area contributed by atoms with E-state index in [1.807, 2.05) is 30.3 Å². The van der Waals surface area contributed by atoms with E-state index in [1.165, 1.54) is 12.2 Å². The summed E-state index contributed by atoms with van der Waals surface area (Å²) in [5.74, 6) is -1.00. The summed E-state index contributed by atoms with van der Waals surface area (Å²) in [6.07, 6.45) is 5.45. The van der Waals surface area contributed by atoms with E-state index in [0.29, 0.717) is 18.6 Å². The van der Waals surface area contributed by atoms with E-state index < -0.39 is 23.4 Å². The van der Waals surface area contributed by atoms with Crippen LogP contribution in [0.1, 0.15) is 38.2 Å². The number of carbonyl (C=O) groups is 2. The molecule has 1 unspecified atom stereocenters. The van der Waals surface area contributed by atoms with Gasteiger partial charge in [0.25, 0.3) is 5.91 Å². The highest BCUT2D eigenvalue weighted by atomic mass is 19.1. The lowest BCUT2D eigenvalue weighted by Gasteiger charge is -2.42. The summed E-state index contributed by atoms with van der Waals surface area (Å²) in [6.45, 7) is 5.50. The van der Waals surface area contributed by atoms with E-state index in [9.17, 15) is 19.1 Å². The molecule has 5 nitrogen and oxygen atoms in total. The predicted octanol–water partition coefficient (Wildman–Crippen LogP) is 3.55. The highest BCUT2D eigenvalue weighted by molar-refractivity contribution is 5.86. The minimum Gasteiger partial charge on any atom is -0.380 e. The van der Waals surface area contributed by atoms with Gasteiger partial charge in [0.05, 0.1) is 18.8 Å². The first kappa shape index (κ1) is 22.7. The van der Waals surface area contributed by atoms with Crippen LogP contribution >= 0.6 is 0 Å². The van der Waals surface area contributed by atoms with Crippen molar-refractivity contribution >= 4 is 12.2 Å². The zero-order valence-electron chi connectivity index (χ0n) is 16.6. The van der Waals surface area contributed by atoms with Gasteiger partial charge < -0.3 is 20.0 Å². The van der Waals surface area contributed by atoms with Crippen molar-refractivity contribution in [1.29, 1.82) is 0 Å². The van der Waals surface area contributed by atoms with Crippen molar-refractivity contribution in [3.63, 3.8) is 0 Å². The molecule has 0 aliphatic heterocycles. The van der Waals surface area contributed by atoms with Gasteiger partial charge in [-0.3, -0.25) is 4.79 Å². The Hall–Kier alpha value is -2.57. The number of hydrogen-bond donors (Lipinski definition) is 2. The lowest BCUT2D eigenvalue weighted by Crippen LogP contribution is -2.59. The molecular formula is C23H28FNO4. The predicted molar refractivity (Wildman–Crippen MR) is 110 cm³/mol. The number of halogens is 1. The molecule has 0 saturated heterocycles. The molecule has 1 aromatic carbocycles. The monoisotopic (exact) mass is 401 g/mol. The second kappa shape index (κ2) is 10.8. The van der Waals surface area contributed by atoms with E-state index in [1.54, 1.807) is 6.92 Å². The zero-order chi connectivity index (χ0) is 21.3. The molecule has 1 fully saturated rings. The number of amides is 1. The van der Waals surface area contributed by atoms with E-state index >= 15 is 0 Å². The van der Waals surface area contributed by atoms with Crippen LogP contribution in [0.3, 0.4) is 0 Å². The molecule has 2 N–H and O–H groups in total. The number of aldehydes is 1. The van der Waals surface area contributed by atoms with Gasteiger partial charge in [0, 0.05) is 19.3 Å². The molecule has 156 valence electrons. The third kappa shape index (κ3) is 6.76. The van der Waals surface area contributed by atoms with Crippen LogP contribution in [0.25, 0.3) is 0 Å². The number of carbonyl (C=O) groups excluding carboxylic acids is 2. The zero-order valence-corrected chi connectivity index (χ0v) is 16.6. The second-order valence-corrected chi connectivity index (χ2v) is 7.29. The van der Waals surface area contributed by atoms with Gasteiger partial charge >= 0.3 is 0 Å². The smallest absolute Gasteiger partial charge is 0.252 e. The average Bonchev–Trinajstić information content (AvgIpc) is 2.71. The molecule has 0 aromatic heterocycles. The fourth-order valence-corrected chi connectivity index (χ4v) is 3.12. The van der Waals surface area contributed by atoms with Gasteiger partial charge in [-0.1, -0.05) is 48.6 Å². The molecule has 29 heavy (non-hydrogen) atoms. The van der Waals surface area contributed by atoms with Gasteiger partial charge in [0.15, 0.2) is 0 Å². The maximum Gasteiger partial charge on any atom is 0.252 e. The van der Waals surface area contributed by atoms with E-state index in [0.717, 1.165) is 17.9 Å². The highest BCUT2D eigenvalue weighted by Gasteiger charge is 2.49. The molecule has 0 heterocycles. The van der Waals surface area contributed by atoms with Crippen LogP contribution in [-0.2, 0) is 20.9 Å². The van der Waals surface area contributed by atoms with Crippen molar-refractivity contribution in [2.45, 2.75) is 57.0 Å². The number of nitrogens with one attached hydrogen (secondary N) is 1. The molecule has 6 heteroatoms. The van der Waals surface area contributed by atoms with Gasteiger partial charge in [-0.05, 0) is 31.1 Å². The molecule has 1 aliphatic carbocycles. The molecule has 1 aromatic rings. The first-order valence-corrected chi connectivity index (χ1v) is 9.67. The Bertz CT molecular complexity index is 766. The molecule has 1 atom stereocenters. The largest absolute Gasteiger partial charge is 0.380 e. The van der Waals surface area contributed by atoms with Crippen LogP contribution < -0.4 is 5.32 Å². The third-order valence-corrected chi connectivity index (χ3v) is 5.01. The topological polar surface area (TPSA) is 75.6 Å². The molecule has 1 saturated carbocycles. The summed E-state index contributed by atoms with van der Waals surface area (Å²) in [5.41, 5.74) is 0.211. The van der Waals surface area contributed by atoms with Crippen molar-refractivity contribution in [2.24, 2.45) is 0 Å². The standard InChI is InChI=1S/C23H28FNO4/c1-3-19(24)12-11-17(2)21(10-7-13-26)25-22(27)23(28)14-20(15-23)29-16-18-8-5-4-6-9-18/h3-6,8-9,11-13,20-21,28H,1,7,10,14-16H2,2H3,(H,25,27)/b17-11+,19-12+. The first-order chi connectivity index (χ1) is 13.9. The van der Waals surface area contributed by atoms with Crippen LogP contribution in [-0.4, -0.2) is 35.0 Å². The van der Waals surface area contributed by atoms with Crippen molar-refractivity contribution in [3.8, 4) is 0 Å². The number of allylic oxidation sites excluding steroid dienone is 4. The Morgan fingerprint density at radius 2 is 2.07 bits per heavy atom. The fourth-order valence-electron chi connectivity index (χ4n) is 3.12. The van der Waals surface area contributed by atoms with Crippen molar-refractivity contribution < 1.29 is 23.8 Å². The minimum absolute atomic E-state index is 0.194. The summed E-state index contributed by atoms with van der Waals surface area (Å²) in [6, 6.07) is 9.20. The van der Waals surface area contributed by atoms with Crippen molar-refractivity contribution in [1.82, 2.24) is 5.32 Å². The fraction of sp³-hybridized carbons (Fsp3) is 0.391. The van der Waals surface area contributed by atoms with Crippen LogP contribution in [0.4, 0.5) is 4.39 Å². The van der Waals surface area contributed by atoms with E-state index in [2.05, 4.69) is 11.9 Å². The summed E-state index contributed by atoms with van der Waals surface area (Å²) in [5, 5.41) is 13.4. The maximum atomic E-state index is 13.3. The molecular weight excluding hydrogens is 373 g/mol. The molecule has 1 aliphatic rings. The quantitative estimate of drug-likeness (QED) is 0.439. The van der Waals surface area contributed by atoms with Gasteiger partial charge in [0.1, 0.15) is 17.7 Å². The normalized spacial score (nSPS) is 23.1. The number of aliphatic hydroxyl groups is 1. The van der Waals surface area contributed by atoms with Gasteiger partial charge in [-0.15, -0.1) is 0 Å². The number of ether oxygens (including phenoxy) is 1. The van der Waals surface area contributed by atoms with Crippen LogP contribution in [0.15, 0.2) is 66.5 Å². The molecule has 2 rings (SSSR count). The van der Waals surface area contributed by atoms with Crippen LogP contribution in [0.5, 0.6) is 0 Å². The van der Waals surface area contributed by atoms with Gasteiger partial charge in [-0.2, -0.15) is 0 Å². The number of benzene rings is 1. The Morgan fingerprint density at radius 3 is 2.69 bits per heavy atom. The van der Waals surface area contributed by atoms with Gasteiger partial charge in [-0.25, -0.2) is 4.39 Å². The summed E-state index contributed by atoms with van der Waals surface area (Å²) < 4.78 is 19.0. The Kier molecular flexibility index (Phi) is 8.49. The van der Waals surface area contributed by atoms with Gasteiger partial charge in [0.2, 0.25) is 0 Å². The first-order valence-electron chi connectivity index (χ1n) is 9.67. The molecule has 0 spiro atoms. The SMILES string of the molecule is C=C/C(F)=C\C=C(/C)C(CCC=O)NC(=O)C1(O)CC(OCc2ccccc2)C1. The van der Waals surface area contributed by atoms with E-state index in [4.69, 9.17) is 4.74 Å². The summed E-state index contributed by atoms with van der Waals surface area (Å²) >= 11 is 0. The third-order valence-electron chi connectivity index (χ3n) is 5.01. The average molecular weight is 401 g/mol. The van der Waals surface area contributed by atoms with Crippen molar-refractivity contribution in [2.75, 3.05) is 0 Å². The molecule has 1 amide bonds. The Balaban J connectivity index is 1.91. The minimum atomic E-state index is -1.50. The molecule has 0 bridgehead atoms. The maximum absolute atomic E-state index is 13.3. The van der Waals surface area contributed by atoms with E-state index in [-0.39, 0.29) is 25.4 Å².